The highest BCUT2D eigenvalue weighted by Gasteiger charge is 2.17. The summed E-state index contributed by atoms with van der Waals surface area (Å²) in [6, 6.07) is 0. The van der Waals surface area contributed by atoms with Crippen molar-refractivity contribution >= 4 is 5.97 Å². The Morgan fingerprint density at radius 2 is 2.07 bits per heavy atom. The highest BCUT2D eigenvalue weighted by atomic mass is 16.4. The minimum absolute atomic E-state index is 0.181. The number of hydrogen-bond donors (Lipinski definition) is 2. The summed E-state index contributed by atoms with van der Waals surface area (Å²) in [7, 11) is 0. The number of nitrogens with one attached hydrogen (secondary N) is 1. The number of carbonyl (C=O) groups is 1. The minimum Gasteiger partial charge on any atom is -0.477 e. The molecule has 1 rings (SSSR count). The molecule has 2 N–H and O–H groups in total. The van der Waals surface area contributed by atoms with Gasteiger partial charge in [-0.05, 0) is 18.4 Å². The Morgan fingerprint density at radius 1 is 1.43 bits per heavy atom. The molecule has 0 fully saturated rings. The molecule has 0 saturated carbocycles. The molecule has 1 aromatic heterocycles. The Balaban J connectivity index is 3.51. The lowest BCUT2D eigenvalue weighted by Crippen LogP contribution is -2.23. The third-order valence-electron chi connectivity index (χ3n) is 2.07. The molecule has 5 nitrogen and oxygen atoms in total. The fourth-order valence-electron chi connectivity index (χ4n) is 1.42. The molecule has 0 atom stereocenters. The minimum atomic E-state index is -1.19. The first-order valence-electron chi connectivity index (χ1n) is 4.45. The van der Waals surface area contributed by atoms with Crippen molar-refractivity contribution in [2.45, 2.75) is 26.7 Å². The van der Waals surface area contributed by atoms with Gasteiger partial charge in [0.2, 0.25) is 0 Å². The summed E-state index contributed by atoms with van der Waals surface area (Å²) in [6.07, 6.45) is 1.11. The smallest absolute Gasteiger partial charge is 0.341 e. The molecule has 14 heavy (non-hydrogen) atoms. The van der Waals surface area contributed by atoms with E-state index in [2.05, 4.69) is 10.2 Å². The highest BCUT2D eigenvalue weighted by Crippen LogP contribution is 2.09. The second-order valence-corrected chi connectivity index (χ2v) is 2.87. The summed E-state index contributed by atoms with van der Waals surface area (Å²) >= 11 is 0. The van der Waals surface area contributed by atoms with Gasteiger partial charge in [-0.25, -0.2) is 9.89 Å². The number of aromatic nitrogens is 2. The Bertz CT molecular complexity index is 409. The van der Waals surface area contributed by atoms with Crippen LogP contribution in [-0.4, -0.2) is 21.3 Å². The summed E-state index contributed by atoms with van der Waals surface area (Å²) < 4.78 is 0. The fourth-order valence-corrected chi connectivity index (χ4v) is 1.42. The molecule has 0 amide bonds. The summed E-state index contributed by atoms with van der Waals surface area (Å²) in [5.74, 6) is -1.19. The van der Waals surface area contributed by atoms with E-state index >= 15 is 0 Å². The molecule has 0 bridgehead atoms. The Morgan fingerprint density at radius 3 is 2.50 bits per heavy atom. The van der Waals surface area contributed by atoms with E-state index < -0.39 is 11.5 Å². The van der Waals surface area contributed by atoms with E-state index in [9.17, 15) is 9.59 Å². The van der Waals surface area contributed by atoms with Crippen molar-refractivity contribution in [3.8, 4) is 0 Å². The summed E-state index contributed by atoms with van der Waals surface area (Å²) in [5.41, 5.74) is 0.360. The predicted molar refractivity (Wildman–Crippen MR) is 50.6 cm³/mol. The van der Waals surface area contributed by atoms with Gasteiger partial charge < -0.3 is 5.11 Å². The molecule has 0 spiro atoms. The quantitative estimate of drug-likeness (QED) is 0.741. The third-order valence-corrected chi connectivity index (χ3v) is 2.07. The van der Waals surface area contributed by atoms with Crippen LogP contribution in [0.15, 0.2) is 4.79 Å². The van der Waals surface area contributed by atoms with Gasteiger partial charge in [-0.2, -0.15) is 5.10 Å². The van der Waals surface area contributed by atoms with Crippen LogP contribution in [0.5, 0.6) is 0 Å². The van der Waals surface area contributed by atoms with Crippen LogP contribution in [-0.2, 0) is 12.8 Å². The molecule has 0 aromatic carbocycles. The molecular formula is C9H12N2O3. The van der Waals surface area contributed by atoms with Gasteiger partial charge in [-0.15, -0.1) is 0 Å². The van der Waals surface area contributed by atoms with Crippen molar-refractivity contribution in [1.29, 1.82) is 0 Å². The van der Waals surface area contributed by atoms with Crippen LogP contribution in [0.25, 0.3) is 0 Å². The normalized spacial score (nSPS) is 10.1. The number of carboxylic acids is 1. The number of hydrogen-bond acceptors (Lipinski definition) is 3. The lowest BCUT2D eigenvalue weighted by atomic mass is 10.0. The second-order valence-electron chi connectivity index (χ2n) is 2.87. The van der Waals surface area contributed by atoms with Crippen LogP contribution in [0.2, 0.25) is 0 Å². The Hall–Kier alpha value is -1.65. The zero-order valence-electron chi connectivity index (χ0n) is 8.13. The van der Waals surface area contributed by atoms with Crippen molar-refractivity contribution in [2.75, 3.05) is 0 Å². The van der Waals surface area contributed by atoms with E-state index in [4.69, 9.17) is 5.11 Å². The number of aromatic amines is 1. The van der Waals surface area contributed by atoms with Crippen LogP contribution in [0.3, 0.4) is 0 Å². The molecule has 0 saturated heterocycles. The predicted octanol–water partition coefficient (Wildman–Crippen LogP) is 0.593. The van der Waals surface area contributed by atoms with Gasteiger partial charge in [0, 0.05) is 0 Å². The molecule has 0 aliphatic rings. The molecule has 0 unspecified atom stereocenters. The fraction of sp³-hybridized carbons (Fsp3) is 0.444. The Labute approximate surface area is 80.8 Å². The van der Waals surface area contributed by atoms with E-state index in [0.717, 1.165) is 0 Å². The van der Waals surface area contributed by atoms with Crippen LogP contribution in [0, 0.1) is 0 Å². The van der Waals surface area contributed by atoms with E-state index in [0.29, 0.717) is 24.1 Å². The van der Waals surface area contributed by atoms with Gasteiger partial charge in [0.25, 0.3) is 5.56 Å². The summed E-state index contributed by atoms with van der Waals surface area (Å²) in [5, 5.41) is 14.8. The number of rotatable bonds is 3. The van der Waals surface area contributed by atoms with Crippen molar-refractivity contribution in [3.05, 3.63) is 27.2 Å². The standard InChI is InChI=1S/C9H12N2O3/c1-3-5-6(4-2)10-11-8(12)7(5)9(13)14/h3-4H2,1-2H3,(H,11,12)(H,13,14). The number of carboxylic acid groups (broad SMARTS) is 1. The van der Waals surface area contributed by atoms with E-state index in [1.807, 2.05) is 13.8 Å². The highest BCUT2D eigenvalue weighted by molar-refractivity contribution is 5.89. The van der Waals surface area contributed by atoms with Crippen LogP contribution in [0.1, 0.15) is 35.5 Å². The molecule has 5 heteroatoms. The van der Waals surface area contributed by atoms with E-state index in [1.54, 1.807) is 0 Å². The molecule has 0 aliphatic heterocycles. The topological polar surface area (TPSA) is 83.0 Å². The molecule has 1 heterocycles. The van der Waals surface area contributed by atoms with Gasteiger partial charge in [-0.1, -0.05) is 13.8 Å². The third kappa shape index (κ3) is 1.66. The molecule has 0 radical (unpaired) electrons. The Kier molecular flexibility index (Phi) is 3.01. The molecule has 0 aliphatic carbocycles. The zero-order chi connectivity index (χ0) is 10.7. The SMILES string of the molecule is CCc1n[nH]c(=O)c(C(=O)O)c1CC. The second kappa shape index (κ2) is 4.04. The molecule has 76 valence electrons. The van der Waals surface area contributed by atoms with E-state index in [1.165, 1.54) is 0 Å². The molecular weight excluding hydrogens is 184 g/mol. The lowest BCUT2D eigenvalue weighted by Gasteiger charge is -2.06. The monoisotopic (exact) mass is 196 g/mol. The maximum atomic E-state index is 11.2. The zero-order valence-corrected chi connectivity index (χ0v) is 8.13. The van der Waals surface area contributed by atoms with Gasteiger partial charge >= 0.3 is 5.97 Å². The van der Waals surface area contributed by atoms with Crippen molar-refractivity contribution in [3.63, 3.8) is 0 Å². The maximum absolute atomic E-state index is 11.2. The number of nitrogens with zero attached hydrogens (tertiary/aromatic N) is 1. The average molecular weight is 196 g/mol. The van der Waals surface area contributed by atoms with Gasteiger partial charge in [-0.3, -0.25) is 4.79 Å². The van der Waals surface area contributed by atoms with Crippen molar-refractivity contribution in [1.82, 2.24) is 10.2 Å². The molecule has 1 aromatic rings. The number of aromatic carboxylic acids is 1. The first-order valence-corrected chi connectivity index (χ1v) is 4.45. The first-order chi connectivity index (χ1) is 6.61. The van der Waals surface area contributed by atoms with Crippen LogP contribution < -0.4 is 5.56 Å². The van der Waals surface area contributed by atoms with Gasteiger partial charge in [0.15, 0.2) is 0 Å². The van der Waals surface area contributed by atoms with Crippen LogP contribution >= 0.6 is 0 Å². The number of aryl methyl sites for hydroxylation is 1. The maximum Gasteiger partial charge on any atom is 0.341 e. The van der Waals surface area contributed by atoms with Crippen molar-refractivity contribution in [2.24, 2.45) is 0 Å². The lowest BCUT2D eigenvalue weighted by molar-refractivity contribution is 0.0693. The summed E-state index contributed by atoms with van der Waals surface area (Å²) in [6.45, 7) is 3.67. The van der Waals surface area contributed by atoms with Crippen molar-refractivity contribution < 1.29 is 9.90 Å². The van der Waals surface area contributed by atoms with Gasteiger partial charge in [0.1, 0.15) is 5.56 Å². The van der Waals surface area contributed by atoms with E-state index in [-0.39, 0.29) is 5.56 Å². The first kappa shape index (κ1) is 10.4. The summed E-state index contributed by atoms with van der Waals surface area (Å²) in [4.78, 5) is 22.0. The largest absolute Gasteiger partial charge is 0.477 e. The average Bonchev–Trinajstić information content (AvgIpc) is 2.16. The number of H-pyrrole nitrogens is 1. The van der Waals surface area contributed by atoms with Gasteiger partial charge in [0.05, 0.1) is 5.69 Å². The van der Waals surface area contributed by atoms with Crippen LogP contribution in [0.4, 0.5) is 0 Å².